The van der Waals surface area contributed by atoms with Crippen molar-refractivity contribution in [1.82, 2.24) is 10.2 Å². The van der Waals surface area contributed by atoms with Crippen LogP contribution < -0.4 is 5.32 Å². The number of hydrogen-bond donors (Lipinski definition) is 1. The Bertz CT molecular complexity index is 692. The summed E-state index contributed by atoms with van der Waals surface area (Å²) in [6.45, 7) is 7.29. The van der Waals surface area contributed by atoms with Crippen molar-refractivity contribution in [3.63, 3.8) is 0 Å². The molecule has 3 rings (SSSR count). The molecule has 0 saturated carbocycles. The van der Waals surface area contributed by atoms with Crippen molar-refractivity contribution < 1.29 is 4.79 Å². The molecule has 0 bridgehead atoms. The molecule has 2 aliphatic carbocycles. The van der Waals surface area contributed by atoms with Gasteiger partial charge in [0.1, 0.15) is 5.71 Å². The third kappa shape index (κ3) is 3.94. The number of carbonyl (C=O) groups excluding carboxylic acids is 1. The highest BCUT2D eigenvalue weighted by Gasteiger charge is 2.44. The monoisotopic (exact) mass is 433 g/mol. The van der Waals surface area contributed by atoms with Gasteiger partial charge in [0.05, 0.1) is 0 Å². The maximum absolute atomic E-state index is 13.5. The highest BCUT2D eigenvalue weighted by molar-refractivity contribution is 9.09. The van der Waals surface area contributed by atoms with Crippen LogP contribution in [0.5, 0.6) is 0 Å². The van der Waals surface area contributed by atoms with Crippen molar-refractivity contribution in [3.05, 3.63) is 35.7 Å². The second-order valence-corrected chi connectivity index (χ2v) is 9.17. The number of amides is 1. The maximum Gasteiger partial charge on any atom is 0.272 e. The van der Waals surface area contributed by atoms with E-state index in [1.807, 2.05) is 13.1 Å². The van der Waals surface area contributed by atoms with E-state index in [1.54, 1.807) is 0 Å². The maximum atomic E-state index is 13.5. The van der Waals surface area contributed by atoms with E-state index in [2.05, 4.69) is 65.1 Å². The topological polar surface area (TPSA) is 44.7 Å². The number of halogens is 1. The highest BCUT2D eigenvalue weighted by Crippen LogP contribution is 2.46. The third-order valence-corrected chi connectivity index (χ3v) is 7.72. The van der Waals surface area contributed by atoms with Crippen LogP contribution in [0.2, 0.25) is 0 Å². The Hall–Kier alpha value is -1.36. The molecule has 0 aromatic heterocycles. The number of nitrogens with zero attached hydrogens (tertiary/aromatic N) is 2. The van der Waals surface area contributed by atoms with Crippen molar-refractivity contribution in [3.8, 4) is 0 Å². The molecule has 27 heavy (non-hydrogen) atoms. The van der Waals surface area contributed by atoms with Crippen molar-refractivity contribution in [2.75, 3.05) is 13.6 Å². The Labute approximate surface area is 172 Å². The molecule has 0 radical (unpaired) electrons. The van der Waals surface area contributed by atoms with Crippen molar-refractivity contribution in [2.45, 2.75) is 63.7 Å². The molecule has 0 aromatic rings. The van der Waals surface area contributed by atoms with Crippen LogP contribution in [0.4, 0.5) is 0 Å². The minimum Gasteiger partial charge on any atom is -0.391 e. The van der Waals surface area contributed by atoms with E-state index in [0.717, 1.165) is 43.6 Å². The zero-order valence-electron chi connectivity index (χ0n) is 17.0. The first-order chi connectivity index (χ1) is 12.9. The molecule has 1 spiro atoms. The van der Waals surface area contributed by atoms with E-state index >= 15 is 0 Å². The summed E-state index contributed by atoms with van der Waals surface area (Å²) in [7, 11) is 1.90. The summed E-state index contributed by atoms with van der Waals surface area (Å²) in [6.07, 6.45) is 13.9. The van der Waals surface area contributed by atoms with Gasteiger partial charge in [0, 0.05) is 41.8 Å². The fourth-order valence-corrected chi connectivity index (χ4v) is 5.01. The Morgan fingerprint density at radius 2 is 2.11 bits per heavy atom. The lowest BCUT2D eigenvalue weighted by Gasteiger charge is -2.47. The average Bonchev–Trinajstić information content (AvgIpc) is 3.15. The number of aliphatic imine (C=N–C) groups is 1. The molecule has 5 heteroatoms. The molecule has 4 nitrogen and oxygen atoms in total. The van der Waals surface area contributed by atoms with Crippen molar-refractivity contribution >= 4 is 27.5 Å². The summed E-state index contributed by atoms with van der Waals surface area (Å²) in [6, 6.07) is 0.240. The first-order valence-corrected chi connectivity index (χ1v) is 11.1. The number of piperidine rings is 1. The molecule has 0 aromatic carbocycles. The quantitative estimate of drug-likeness (QED) is 0.391. The Balaban J connectivity index is 1.89. The van der Waals surface area contributed by atoms with Crippen molar-refractivity contribution in [1.29, 1.82) is 0 Å². The Kier molecular flexibility index (Phi) is 6.29. The third-order valence-electron chi connectivity index (χ3n) is 6.66. The van der Waals surface area contributed by atoms with Crippen LogP contribution >= 0.6 is 15.9 Å². The average molecular weight is 434 g/mol. The minimum absolute atomic E-state index is 0.0702. The zero-order chi connectivity index (χ0) is 19.6. The van der Waals surface area contributed by atoms with Crippen LogP contribution in [-0.4, -0.2) is 41.0 Å². The van der Waals surface area contributed by atoms with Crippen LogP contribution in [-0.2, 0) is 4.79 Å². The van der Waals surface area contributed by atoms with Crippen LogP contribution in [0.25, 0.3) is 0 Å². The van der Waals surface area contributed by atoms with Gasteiger partial charge in [0.2, 0.25) is 0 Å². The molecule has 3 aliphatic rings. The molecule has 1 amide bonds. The SMILES string of the molecule is CC/C(=C/C(=N\C1=CC(Br)C1C)C(=O)N1CCCC2(CC=CC2)C1C)NC. The number of likely N-dealkylation sites (tertiary alicyclic amines) is 1. The first-order valence-electron chi connectivity index (χ1n) is 10.2. The predicted octanol–water partition coefficient (Wildman–Crippen LogP) is 4.59. The van der Waals surface area contributed by atoms with Gasteiger partial charge in [0.25, 0.3) is 5.91 Å². The molecular weight excluding hydrogens is 402 g/mol. The molecular formula is C22H32BrN3O. The lowest BCUT2D eigenvalue weighted by molar-refractivity contribution is -0.131. The van der Waals surface area contributed by atoms with E-state index < -0.39 is 0 Å². The van der Waals surface area contributed by atoms with Gasteiger partial charge >= 0.3 is 0 Å². The number of alkyl halides is 1. The summed E-state index contributed by atoms with van der Waals surface area (Å²) in [4.78, 5) is 20.8. The molecule has 1 aliphatic heterocycles. The van der Waals surface area contributed by atoms with Gasteiger partial charge in [0.15, 0.2) is 0 Å². The van der Waals surface area contributed by atoms with Crippen LogP contribution in [0.1, 0.15) is 52.9 Å². The van der Waals surface area contributed by atoms with Gasteiger partial charge in [-0.3, -0.25) is 4.79 Å². The number of allylic oxidation sites excluding steroid dienone is 5. The second-order valence-electron chi connectivity index (χ2n) is 8.11. The van der Waals surface area contributed by atoms with Crippen LogP contribution in [0, 0.1) is 11.3 Å². The molecule has 1 saturated heterocycles. The smallest absolute Gasteiger partial charge is 0.272 e. The number of carbonyl (C=O) groups is 1. The largest absolute Gasteiger partial charge is 0.391 e. The van der Waals surface area contributed by atoms with Gasteiger partial charge < -0.3 is 10.2 Å². The van der Waals surface area contributed by atoms with Gasteiger partial charge in [-0.1, -0.05) is 41.9 Å². The summed E-state index contributed by atoms with van der Waals surface area (Å²) < 4.78 is 0. The summed E-state index contributed by atoms with van der Waals surface area (Å²) in [5, 5.41) is 3.20. The minimum atomic E-state index is 0.0702. The lowest BCUT2D eigenvalue weighted by atomic mass is 9.71. The molecule has 148 valence electrons. The van der Waals surface area contributed by atoms with E-state index in [-0.39, 0.29) is 17.4 Å². The standard InChI is InChI=1S/C22H32BrN3O/c1-5-17(24-4)13-20(25-19-14-18(23)15(19)2)21(27)26-12-8-11-22(16(26)3)9-6-7-10-22/h6-7,13-16,18,24H,5,8-12H2,1-4H3/b17-13-,25-20+. The first kappa shape index (κ1) is 20.4. The molecule has 1 fully saturated rings. The van der Waals surface area contributed by atoms with Crippen LogP contribution in [0.15, 0.2) is 40.7 Å². The molecule has 3 atom stereocenters. The van der Waals surface area contributed by atoms with Crippen LogP contribution in [0.3, 0.4) is 0 Å². The van der Waals surface area contributed by atoms with E-state index in [9.17, 15) is 4.79 Å². The van der Waals surface area contributed by atoms with E-state index in [0.29, 0.717) is 16.5 Å². The number of hydrogen-bond acceptors (Lipinski definition) is 3. The van der Waals surface area contributed by atoms with Gasteiger partial charge in [-0.25, -0.2) is 4.99 Å². The van der Waals surface area contributed by atoms with Gasteiger partial charge in [-0.15, -0.1) is 0 Å². The summed E-state index contributed by atoms with van der Waals surface area (Å²) >= 11 is 3.62. The van der Waals surface area contributed by atoms with Gasteiger partial charge in [-0.05, 0) is 56.6 Å². The molecule has 3 unspecified atom stereocenters. The molecule has 1 N–H and O–H groups in total. The lowest BCUT2D eigenvalue weighted by Crippen LogP contribution is -2.54. The fraction of sp³-hybridized carbons (Fsp3) is 0.636. The highest BCUT2D eigenvalue weighted by atomic mass is 79.9. The van der Waals surface area contributed by atoms with Gasteiger partial charge in [-0.2, -0.15) is 0 Å². The summed E-state index contributed by atoms with van der Waals surface area (Å²) in [5.74, 6) is 0.408. The Morgan fingerprint density at radius 3 is 2.67 bits per heavy atom. The number of rotatable bonds is 5. The summed E-state index contributed by atoms with van der Waals surface area (Å²) in [5.41, 5.74) is 2.83. The Morgan fingerprint density at radius 1 is 1.41 bits per heavy atom. The predicted molar refractivity (Wildman–Crippen MR) is 116 cm³/mol. The normalized spacial score (nSPS) is 30.3. The van der Waals surface area contributed by atoms with E-state index in [1.165, 1.54) is 6.42 Å². The molecule has 1 heterocycles. The van der Waals surface area contributed by atoms with E-state index in [4.69, 9.17) is 4.99 Å². The fourth-order valence-electron chi connectivity index (χ4n) is 4.46. The zero-order valence-corrected chi connectivity index (χ0v) is 18.6. The van der Waals surface area contributed by atoms with Crippen molar-refractivity contribution in [2.24, 2.45) is 16.3 Å². The second kappa shape index (κ2) is 8.34. The number of nitrogens with one attached hydrogen (secondary N) is 1.